The van der Waals surface area contributed by atoms with Crippen molar-refractivity contribution in [1.82, 2.24) is 0 Å². The molecule has 38 heavy (non-hydrogen) atoms. The fourth-order valence-corrected chi connectivity index (χ4v) is 4.32. The van der Waals surface area contributed by atoms with Gasteiger partial charge < -0.3 is 19.3 Å². The van der Waals surface area contributed by atoms with E-state index >= 15 is 0 Å². The first-order valence-corrected chi connectivity index (χ1v) is 12.4. The van der Waals surface area contributed by atoms with E-state index in [1.807, 2.05) is 34.6 Å². The van der Waals surface area contributed by atoms with Crippen molar-refractivity contribution >= 4 is 23.9 Å². The summed E-state index contributed by atoms with van der Waals surface area (Å²) in [5.41, 5.74) is -1.47. The van der Waals surface area contributed by atoms with E-state index in [0.29, 0.717) is 0 Å². The molecule has 2 saturated carbocycles. The van der Waals surface area contributed by atoms with E-state index in [1.165, 1.54) is 6.08 Å². The van der Waals surface area contributed by atoms with Gasteiger partial charge in [-0.3, -0.25) is 19.2 Å². The van der Waals surface area contributed by atoms with Crippen LogP contribution in [0.1, 0.15) is 62.3 Å². The van der Waals surface area contributed by atoms with E-state index in [4.69, 9.17) is 32.5 Å². The molecule has 10 nitrogen and oxygen atoms in total. The van der Waals surface area contributed by atoms with Gasteiger partial charge in [0.15, 0.2) is 0 Å². The van der Waals surface area contributed by atoms with Gasteiger partial charge in [-0.25, -0.2) is 9.69 Å². The first-order chi connectivity index (χ1) is 17.4. The van der Waals surface area contributed by atoms with E-state index in [-0.39, 0.29) is 53.7 Å². The average molecular weight is 531 g/mol. The average Bonchev–Trinajstić information content (AvgIpc) is 3.55. The number of carbonyl (C=O) groups excluding carboxylic acids is 3. The maximum Gasteiger partial charge on any atom is 0.335 e. The SMILES string of the molecule is [C-]#[N+]/C(=C\C1C(C(=O)O)C1(C)C)C(=O)OCC.[C-]#[N+]/C(=C\C1C(C(=O)OC(C)(C)C)C1(C)C)C(=O)OCC. The van der Waals surface area contributed by atoms with Crippen molar-refractivity contribution in [2.75, 3.05) is 13.2 Å². The van der Waals surface area contributed by atoms with Crippen molar-refractivity contribution in [3.8, 4) is 0 Å². The summed E-state index contributed by atoms with van der Waals surface area (Å²) in [6, 6.07) is 0. The van der Waals surface area contributed by atoms with Gasteiger partial charge in [0.25, 0.3) is 11.4 Å². The molecule has 0 saturated heterocycles. The number of ether oxygens (including phenoxy) is 3. The number of aliphatic carboxylic acids is 1. The molecule has 2 fully saturated rings. The molecule has 10 heteroatoms. The summed E-state index contributed by atoms with van der Waals surface area (Å²) < 4.78 is 14.9. The Balaban J connectivity index is 0.000000389. The third-order valence-electron chi connectivity index (χ3n) is 6.63. The number of allylic oxidation sites excluding steroid dienone is 2. The highest BCUT2D eigenvalue weighted by molar-refractivity contribution is 5.91. The lowest BCUT2D eigenvalue weighted by Crippen LogP contribution is -2.26. The van der Waals surface area contributed by atoms with Gasteiger partial charge in [0, 0.05) is 0 Å². The van der Waals surface area contributed by atoms with Crippen molar-refractivity contribution in [2.45, 2.75) is 67.9 Å². The third kappa shape index (κ3) is 7.92. The van der Waals surface area contributed by atoms with Gasteiger partial charge >= 0.3 is 23.9 Å². The quantitative estimate of drug-likeness (QED) is 0.208. The van der Waals surface area contributed by atoms with Crippen molar-refractivity contribution in [3.05, 3.63) is 46.4 Å². The number of hydrogen-bond acceptors (Lipinski definition) is 7. The van der Waals surface area contributed by atoms with E-state index in [1.54, 1.807) is 33.8 Å². The molecule has 0 spiro atoms. The predicted molar refractivity (Wildman–Crippen MR) is 138 cm³/mol. The highest BCUT2D eigenvalue weighted by atomic mass is 16.6. The number of hydrogen-bond donors (Lipinski definition) is 1. The number of carbonyl (C=O) groups is 4. The summed E-state index contributed by atoms with van der Waals surface area (Å²) in [7, 11) is 0. The van der Waals surface area contributed by atoms with Crippen LogP contribution in [0.5, 0.6) is 0 Å². The van der Waals surface area contributed by atoms with E-state index in [9.17, 15) is 19.2 Å². The lowest BCUT2D eigenvalue weighted by atomic mass is 10.1. The van der Waals surface area contributed by atoms with Crippen LogP contribution in [0.4, 0.5) is 0 Å². The molecule has 4 unspecified atom stereocenters. The number of rotatable bonds is 8. The van der Waals surface area contributed by atoms with E-state index in [2.05, 4.69) is 9.69 Å². The first-order valence-electron chi connectivity index (χ1n) is 12.4. The molecule has 0 aromatic rings. The molecule has 0 aromatic carbocycles. The van der Waals surface area contributed by atoms with Crippen LogP contribution in [-0.2, 0) is 33.4 Å². The fraction of sp³-hybridized carbons (Fsp3) is 0.643. The van der Waals surface area contributed by atoms with Gasteiger partial charge in [-0.1, -0.05) is 39.8 Å². The minimum atomic E-state index is -0.899. The molecule has 1 N–H and O–H groups in total. The number of carboxylic acid groups (broad SMARTS) is 1. The van der Waals surface area contributed by atoms with Gasteiger partial charge in [0.2, 0.25) is 0 Å². The molecule has 0 amide bonds. The second kappa shape index (κ2) is 12.3. The highest BCUT2D eigenvalue weighted by Crippen LogP contribution is 2.60. The summed E-state index contributed by atoms with van der Waals surface area (Å²) in [5, 5.41) is 8.96. The van der Waals surface area contributed by atoms with Crippen molar-refractivity contribution in [2.24, 2.45) is 34.5 Å². The maximum absolute atomic E-state index is 12.2. The Labute approximate surface area is 224 Å². The standard InChI is InChI=1S/C16H23NO4.C12H15NO4/c1-8-20-13(18)11(17-7)9-10-12(16(10,5)6)14(19)21-15(2,3)4;1-5-17-11(16)8(13-4)6-7-9(10(14)15)12(7,2)3/h9-10,12H,8H2,1-6H3;6-7,9H,5H2,1-3H3,(H,14,15)/b11-9-;8-6-. The molecule has 0 heterocycles. The predicted octanol–water partition coefficient (Wildman–Crippen LogP) is 4.68. The molecule has 4 atom stereocenters. The Morgan fingerprint density at radius 3 is 1.47 bits per heavy atom. The molecule has 2 aliphatic rings. The molecule has 2 aliphatic carbocycles. The Kier molecular flexibility index (Phi) is 10.4. The second-order valence-electron chi connectivity index (χ2n) is 11.3. The smallest absolute Gasteiger partial charge is 0.335 e. The minimum absolute atomic E-state index is 0.0685. The van der Waals surface area contributed by atoms with E-state index < -0.39 is 34.8 Å². The Morgan fingerprint density at radius 2 is 1.18 bits per heavy atom. The molecular formula is C28H38N2O8. The topological polar surface area (TPSA) is 125 Å². The zero-order valence-electron chi connectivity index (χ0n) is 23.6. The Bertz CT molecular complexity index is 1100. The minimum Gasteiger partial charge on any atom is -0.481 e. The van der Waals surface area contributed by atoms with Gasteiger partial charge in [0.1, 0.15) is 5.60 Å². The molecule has 0 radical (unpaired) electrons. The number of esters is 3. The van der Waals surface area contributed by atoms with Crippen LogP contribution in [-0.4, -0.2) is 47.8 Å². The van der Waals surface area contributed by atoms with Crippen LogP contribution in [0.15, 0.2) is 23.5 Å². The fourth-order valence-electron chi connectivity index (χ4n) is 4.32. The number of carboxylic acids is 1. The summed E-state index contributed by atoms with van der Waals surface area (Å²) in [6.45, 7) is 30.6. The summed E-state index contributed by atoms with van der Waals surface area (Å²) >= 11 is 0. The first kappa shape index (κ1) is 32.4. The zero-order chi connectivity index (χ0) is 29.6. The Hall–Kier alpha value is -3.66. The molecule has 2 rings (SSSR count). The van der Waals surface area contributed by atoms with Gasteiger partial charge in [-0.15, -0.1) is 0 Å². The summed E-state index contributed by atoms with van der Waals surface area (Å²) in [6.07, 6.45) is 2.96. The monoisotopic (exact) mass is 530 g/mol. The van der Waals surface area contributed by atoms with Gasteiger partial charge in [-0.2, -0.15) is 0 Å². The lowest BCUT2D eigenvalue weighted by molar-refractivity contribution is -0.157. The van der Waals surface area contributed by atoms with Crippen LogP contribution < -0.4 is 0 Å². The van der Waals surface area contributed by atoms with Crippen LogP contribution in [0.3, 0.4) is 0 Å². The van der Waals surface area contributed by atoms with Gasteiger partial charge in [-0.05, 0) is 57.3 Å². The third-order valence-corrected chi connectivity index (χ3v) is 6.63. The van der Waals surface area contributed by atoms with Crippen molar-refractivity contribution < 1.29 is 38.5 Å². The zero-order valence-corrected chi connectivity index (χ0v) is 23.6. The number of nitrogens with zero attached hydrogens (tertiary/aromatic N) is 2. The Morgan fingerprint density at radius 1 is 0.816 bits per heavy atom. The van der Waals surface area contributed by atoms with E-state index in [0.717, 1.165) is 0 Å². The molecular weight excluding hydrogens is 492 g/mol. The van der Waals surface area contributed by atoms with Crippen molar-refractivity contribution in [3.63, 3.8) is 0 Å². The second-order valence-corrected chi connectivity index (χ2v) is 11.3. The molecule has 0 bridgehead atoms. The van der Waals surface area contributed by atoms with Crippen LogP contribution in [0.2, 0.25) is 0 Å². The largest absolute Gasteiger partial charge is 0.481 e. The van der Waals surface area contributed by atoms with Crippen LogP contribution >= 0.6 is 0 Å². The molecule has 0 aromatic heterocycles. The lowest BCUT2D eigenvalue weighted by Gasteiger charge is -2.19. The molecule has 0 aliphatic heterocycles. The summed E-state index contributed by atoms with van der Waals surface area (Å²) in [4.78, 5) is 52.4. The van der Waals surface area contributed by atoms with Crippen molar-refractivity contribution in [1.29, 1.82) is 0 Å². The summed E-state index contributed by atoms with van der Waals surface area (Å²) in [5.74, 6) is -3.84. The highest BCUT2D eigenvalue weighted by Gasteiger charge is 2.62. The van der Waals surface area contributed by atoms with Crippen LogP contribution in [0.25, 0.3) is 9.69 Å². The van der Waals surface area contributed by atoms with Gasteiger partial charge in [0.05, 0.1) is 38.2 Å². The maximum atomic E-state index is 12.2. The van der Waals surface area contributed by atoms with Crippen LogP contribution in [0, 0.1) is 47.6 Å². The normalized spacial score (nSPS) is 24.8. The molecule has 208 valence electrons.